The van der Waals surface area contributed by atoms with Gasteiger partial charge in [0.25, 0.3) is 0 Å². The Hall–Kier alpha value is -0.160. The van der Waals surface area contributed by atoms with Crippen molar-refractivity contribution in [2.75, 3.05) is 32.7 Å². The van der Waals surface area contributed by atoms with Crippen molar-refractivity contribution in [3.05, 3.63) is 0 Å². The van der Waals surface area contributed by atoms with Crippen molar-refractivity contribution in [1.82, 2.24) is 4.90 Å². The van der Waals surface area contributed by atoms with E-state index in [0.717, 1.165) is 26.1 Å². The molecule has 0 aliphatic carbocycles. The Labute approximate surface area is 87.8 Å². The van der Waals surface area contributed by atoms with Crippen molar-refractivity contribution in [2.24, 2.45) is 23.1 Å². The first kappa shape index (κ1) is 13.8. The number of hydrogen-bond acceptors (Lipinski definition) is 4. The summed E-state index contributed by atoms with van der Waals surface area (Å²) >= 11 is 0. The van der Waals surface area contributed by atoms with Crippen LogP contribution < -0.4 is 17.2 Å². The summed E-state index contributed by atoms with van der Waals surface area (Å²) in [4.78, 5) is 2.36. The van der Waals surface area contributed by atoms with Gasteiger partial charge in [-0.1, -0.05) is 13.8 Å². The van der Waals surface area contributed by atoms with E-state index in [1.165, 1.54) is 0 Å². The van der Waals surface area contributed by atoms with Gasteiger partial charge in [-0.2, -0.15) is 0 Å². The lowest BCUT2D eigenvalue weighted by Gasteiger charge is -2.28. The van der Waals surface area contributed by atoms with Crippen LogP contribution in [0, 0.1) is 5.92 Å². The molecule has 86 valence electrons. The van der Waals surface area contributed by atoms with E-state index in [9.17, 15) is 0 Å². The van der Waals surface area contributed by atoms with Crippen LogP contribution >= 0.6 is 0 Å². The molecule has 2 unspecified atom stereocenters. The van der Waals surface area contributed by atoms with Gasteiger partial charge >= 0.3 is 0 Å². The maximum atomic E-state index is 6.01. The lowest BCUT2D eigenvalue weighted by molar-refractivity contribution is 0.231. The molecule has 14 heavy (non-hydrogen) atoms. The monoisotopic (exact) mass is 202 g/mol. The Kier molecular flexibility index (Phi) is 8.08. The van der Waals surface area contributed by atoms with E-state index in [1.807, 2.05) is 0 Å². The van der Waals surface area contributed by atoms with Crippen molar-refractivity contribution in [1.29, 1.82) is 0 Å². The molecule has 0 fully saturated rings. The fourth-order valence-electron chi connectivity index (χ4n) is 1.63. The molecule has 4 nitrogen and oxygen atoms in total. The highest BCUT2D eigenvalue weighted by atomic mass is 15.1. The average Bonchev–Trinajstić information content (AvgIpc) is 2.20. The second-order valence-corrected chi connectivity index (χ2v) is 3.72. The lowest BCUT2D eigenvalue weighted by Crippen LogP contribution is -2.44. The van der Waals surface area contributed by atoms with Crippen LogP contribution in [0.4, 0.5) is 0 Å². The van der Waals surface area contributed by atoms with Gasteiger partial charge in [0.1, 0.15) is 0 Å². The van der Waals surface area contributed by atoms with Crippen molar-refractivity contribution < 1.29 is 0 Å². The molecular weight excluding hydrogens is 176 g/mol. The van der Waals surface area contributed by atoms with Crippen molar-refractivity contribution in [3.8, 4) is 0 Å². The van der Waals surface area contributed by atoms with Gasteiger partial charge in [0.05, 0.1) is 0 Å². The zero-order valence-electron chi connectivity index (χ0n) is 9.58. The van der Waals surface area contributed by atoms with Gasteiger partial charge in [-0.25, -0.2) is 0 Å². The summed E-state index contributed by atoms with van der Waals surface area (Å²) in [6.45, 7) is 8.72. The summed E-state index contributed by atoms with van der Waals surface area (Å²) in [5, 5.41) is 0. The van der Waals surface area contributed by atoms with Gasteiger partial charge in [-0.05, 0) is 38.5 Å². The zero-order valence-corrected chi connectivity index (χ0v) is 9.58. The molecule has 2 atom stereocenters. The predicted octanol–water partition coefficient (Wildman–Crippen LogP) is -0.421. The van der Waals surface area contributed by atoms with Gasteiger partial charge in [-0.15, -0.1) is 0 Å². The molecule has 0 rings (SSSR count). The quantitative estimate of drug-likeness (QED) is 0.499. The highest BCUT2D eigenvalue weighted by Gasteiger charge is 2.17. The molecular formula is C10H26N4. The van der Waals surface area contributed by atoms with Gasteiger partial charge in [-0.3, -0.25) is 0 Å². The van der Waals surface area contributed by atoms with E-state index in [2.05, 4.69) is 18.7 Å². The molecule has 0 saturated carbocycles. The molecule has 0 aliphatic rings. The molecule has 0 aromatic carbocycles. The Morgan fingerprint density at radius 3 is 2.07 bits per heavy atom. The number of hydrogen-bond donors (Lipinski definition) is 3. The topological polar surface area (TPSA) is 81.3 Å². The minimum absolute atomic E-state index is 0.144. The van der Waals surface area contributed by atoms with E-state index < -0.39 is 0 Å². The summed E-state index contributed by atoms with van der Waals surface area (Å²) in [6, 6.07) is 0.144. The van der Waals surface area contributed by atoms with Crippen LogP contribution in [-0.4, -0.2) is 43.7 Å². The van der Waals surface area contributed by atoms with E-state index >= 15 is 0 Å². The Morgan fingerprint density at radius 2 is 1.71 bits per heavy atom. The largest absolute Gasteiger partial charge is 0.330 e. The molecule has 0 aromatic heterocycles. The molecule has 0 aromatic rings. The number of rotatable bonds is 8. The second-order valence-electron chi connectivity index (χ2n) is 3.72. The molecule has 0 aliphatic heterocycles. The smallest absolute Gasteiger partial charge is 0.0103 e. The van der Waals surface area contributed by atoms with Gasteiger partial charge < -0.3 is 22.1 Å². The maximum absolute atomic E-state index is 6.01. The van der Waals surface area contributed by atoms with Crippen LogP contribution in [-0.2, 0) is 0 Å². The fraction of sp³-hybridized carbons (Fsp3) is 1.00. The average molecular weight is 202 g/mol. The van der Waals surface area contributed by atoms with Gasteiger partial charge in [0, 0.05) is 12.6 Å². The summed E-state index contributed by atoms with van der Waals surface area (Å²) in [6.07, 6.45) is 0.864. The fourth-order valence-corrected chi connectivity index (χ4v) is 1.63. The molecule has 4 heteroatoms. The number of nitrogens with zero attached hydrogens (tertiary/aromatic N) is 1. The third kappa shape index (κ3) is 4.91. The van der Waals surface area contributed by atoms with Crippen LogP contribution in [0.15, 0.2) is 0 Å². The second kappa shape index (κ2) is 8.17. The SMILES string of the molecule is CCN(CC)CC(CN)C(N)CCN. The van der Waals surface area contributed by atoms with Crippen LogP contribution in [0.3, 0.4) is 0 Å². The van der Waals surface area contributed by atoms with Crippen LogP contribution in [0.25, 0.3) is 0 Å². The molecule has 6 N–H and O–H groups in total. The summed E-state index contributed by atoms with van der Waals surface area (Å²) in [5.74, 6) is 0.374. The minimum Gasteiger partial charge on any atom is -0.330 e. The Bertz CT molecular complexity index is 125. The van der Waals surface area contributed by atoms with E-state index in [-0.39, 0.29) is 6.04 Å². The highest BCUT2D eigenvalue weighted by molar-refractivity contribution is 4.77. The van der Waals surface area contributed by atoms with E-state index in [1.54, 1.807) is 0 Å². The molecule has 0 radical (unpaired) electrons. The third-order valence-electron chi connectivity index (χ3n) is 2.80. The van der Waals surface area contributed by atoms with Crippen LogP contribution in [0.5, 0.6) is 0 Å². The Balaban J connectivity index is 3.98. The van der Waals surface area contributed by atoms with Crippen LogP contribution in [0.1, 0.15) is 20.3 Å². The lowest BCUT2D eigenvalue weighted by atomic mass is 9.97. The first-order valence-electron chi connectivity index (χ1n) is 5.57. The summed E-state index contributed by atoms with van der Waals surface area (Å²) in [7, 11) is 0. The predicted molar refractivity (Wildman–Crippen MR) is 62.0 cm³/mol. The highest BCUT2D eigenvalue weighted by Crippen LogP contribution is 2.06. The van der Waals surface area contributed by atoms with E-state index in [0.29, 0.717) is 19.0 Å². The first-order chi connectivity index (χ1) is 6.69. The van der Waals surface area contributed by atoms with E-state index in [4.69, 9.17) is 17.2 Å². The standard InChI is InChI=1S/C10H26N4/c1-3-14(4-2)8-9(7-12)10(13)5-6-11/h9-10H,3-8,11-13H2,1-2H3. The maximum Gasteiger partial charge on any atom is 0.0103 e. The van der Waals surface area contributed by atoms with Crippen molar-refractivity contribution >= 4 is 0 Å². The minimum atomic E-state index is 0.144. The first-order valence-corrected chi connectivity index (χ1v) is 5.57. The van der Waals surface area contributed by atoms with Gasteiger partial charge in [0.15, 0.2) is 0 Å². The normalized spacial score (nSPS) is 15.9. The zero-order chi connectivity index (χ0) is 11.0. The molecule has 0 saturated heterocycles. The summed E-state index contributed by atoms with van der Waals surface area (Å²) in [5.41, 5.74) is 17.2. The molecule has 0 bridgehead atoms. The number of nitrogens with two attached hydrogens (primary N) is 3. The summed E-state index contributed by atoms with van der Waals surface area (Å²) < 4.78 is 0. The van der Waals surface area contributed by atoms with Gasteiger partial charge in [0.2, 0.25) is 0 Å². The van der Waals surface area contributed by atoms with Crippen molar-refractivity contribution in [3.63, 3.8) is 0 Å². The van der Waals surface area contributed by atoms with Crippen molar-refractivity contribution in [2.45, 2.75) is 26.3 Å². The molecule has 0 amide bonds. The third-order valence-corrected chi connectivity index (χ3v) is 2.80. The van der Waals surface area contributed by atoms with Crippen LogP contribution in [0.2, 0.25) is 0 Å². The molecule has 0 heterocycles. The molecule has 0 spiro atoms. The Morgan fingerprint density at radius 1 is 1.14 bits per heavy atom.